The molecule has 0 atom stereocenters. The van der Waals surface area contributed by atoms with Crippen LogP contribution in [0.2, 0.25) is 0 Å². The highest BCUT2D eigenvalue weighted by Gasteiger charge is 2.27. The van der Waals surface area contributed by atoms with Gasteiger partial charge in [-0.15, -0.1) is 11.3 Å². The van der Waals surface area contributed by atoms with Crippen molar-refractivity contribution in [2.24, 2.45) is 0 Å². The van der Waals surface area contributed by atoms with Gasteiger partial charge in [-0.1, -0.05) is 30.3 Å². The van der Waals surface area contributed by atoms with Crippen LogP contribution in [0.4, 0.5) is 5.82 Å². The maximum Gasteiger partial charge on any atom is 0.244 e. The molecule has 2 fully saturated rings. The zero-order valence-electron chi connectivity index (χ0n) is 18.3. The minimum Gasteiger partial charge on any atom is -0.379 e. The number of sulfonamides is 1. The van der Waals surface area contributed by atoms with Crippen molar-refractivity contribution < 1.29 is 13.2 Å². The number of benzene rings is 1. The fourth-order valence-electron chi connectivity index (χ4n) is 4.11. The highest BCUT2D eigenvalue weighted by Crippen LogP contribution is 2.25. The summed E-state index contributed by atoms with van der Waals surface area (Å²) >= 11 is 1.68. The first-order valence-electron chi connectivity index (χ1n) is 11.1. The zero-order chi connectivity index (χ0) is 22.7. The van der Waals surface area contributed by atoms with E-state index in [1.807, 2.05) is 24.3 Å². The SMILES string of the molecule is O=S(=O)(c1ccc(N2CCN(Cc3csc(-c4ccccc4)n3)CC2)nc1)N1CCOCC1. The Kier molecular flexibility index (Phi) is 6.70. The van der Waals surface area contributed by atoms with Crippen LogP contribution in [0.5, 0.6) is 0 Å². The van der Waals surface area contributed by atoms with Gasteiger partial charge in [-0.2, -0.15) is 4.31 Å². The third kappa shape index (κ3) is 5.10. The standard InChI is InChI=1S/C23H27N5O3S2/c29-33(30,28-12-14-31-15-13-28)21-6-7-22(24-16-21)27-10-8-26(9-11-27)17-20-18-32-23(25-20)19-4-2-1-3-5-19/h1-7,16,18H,8-15,17H2. The van der Waals surface area contributed by atoms with Gasteiger partial charge in [0.05, 0.1) is 18.9 Å². The molecule has 5 rings (SSSR count). The quantitative estimate of drug-likeness (QED) is 0.531. The van der Waals surface area contributed by atoms with E-state index in [-0.39, 0.29) is 4.90 Å². The maximum absolute atomic E-state index is 12.8. The Labute approximate surface area is 198 Å². The van der Waals surface area contributed by atoms with Crippen molar-refractivity contribution >= 4 is 27.2 Å². The van der Waals surface area contributed by atoms with Gasteiger partial charge in [0, 0.05) is 63.0 Å². The molecule has 2 aliphatic heterocycles. The molecule has 8 nitrogen and oxygen atoms in total. The van der Waals surface area contributed by atoms with Gasteiger partial charge < -0.3 is 9.64 Å². The van der Waals surface area contributed by atoms with E-state index in [4.69, 9.17) is 9.72 Å². The number of nitrogens with zero attached hydrogens (tertiary/aromatic N) is 5. The molecule has 3 aromatic rings. The van der Waals surface area contributed by atoms with Gasteiger partial charge in [0.25, 0.3) is 0 Å². The lowest BCUT2D eigenvalue weighted by atomic mass is 10.2. The van der Waals surface area contributed by atoms with Crippen molar-refractivity contribution in [1.29, 1.82) is 0 Å². The molecule has 0 amide bonds. The molecule has 0 bridgehead atoms. The second-order valence-corrected chi connectivity index (χ2v) is 10.9. The van der Waals surface area contributed by atoms with Crippen molar-refractivity contribution in [1.82, 2.24) is 19.2 Å². The number of morpholine rings is 1. The maximum atomic E-state index is 12.8. The van der Waals surface area contributed by atoms with Gasteiger partial charge >= 0.3 is 0 Å². The second kappa shape index (κ2) is 9.86. The van der Waals surface area contributed by atoms with Crippen LogP contribution in [0.3, 0.4) is 0 Å². The number of rotatable bonds is 6. The summed E-state index contributed by atoms with van der Waals surface area (Å²) in [5, 5.41) is 3.20. The van der Waals surface area contributed by atoms with Gasteiger partial charge in [-0.05, 0) is 12.1 Å². The van der Waals surface area contributed by atoms with Gasteiger partial charge in [-0.25, -0.2) is 18.4 Å². The highest BCUT2D eigenvalue weighted by molar-refractivity contribution is 7.89. The Morgan fingerprint density at radius 2 is 1.70 bits per heavy atom. The lowest BCUT2D eigenvalue weighted by Crippen LogP contribution is -2.46. The van der Waals surface area contributed by atoms with Crippen LogP contribution in [0, 0.1) is 0 Å². The fraction of sp³-hybridized carbons (Fsp3) is 0.391. The molecule has 2 aromatic heterocycles. The van der Waals surface area contributed by atoms with Crippen molar-refractivity contribution in [3.05, 3.63) is 59.7 Å². The van der Waals surface area contributed by atoms with Gasteiger partial charge in [-0.3, -0.25) is 4.90 Å². The van der Waals surface area contributed by atoms with Crippen LogP contribution in [-0.4, -0.2) is 80.1 Å². The van der Waals surface area contributed by atoms with Gasteiger partial charge in [0.15, 0.2) is 0 Å². The van der Waals surface area contributed by atoms with Crippen LogP contribution < -0.4 is 4.90 Å². The number of hydrogen-bond donors (Lipinski definition) is 0. The lowest BCUT2D eigenvalue weighted by Gasteiger charge is -2.35. The number of thiazole rings is 1. The van der Waals surface area contributed by atoms with E-state index in [1.165, 1.54) is 10.5 Å². The summed E-state index contributed by atoms with van der Waals surface area (Å²) in [4.78, 5) is 14.1. The van der Waals surface area contributed by atoms with Crippen molar-refractivity contribution in [3.8, 4) is 10.6 Å². The topological polar surface area (TPSA) is 78.9 Å². The van der Waals surface area contributed by atoms with Crippen LogP contribution in [-0.2, 0) is 21.3 Å². The molecule has 0 aliphatic carbocycles. The summed E-state index contributed by atoms with van der Waals surface area (Å²) in [5.41, 5.74) is 2.26. The zero-order valence-corrected chi connectivity index (χ0v) is 20.0. The van der Waals surface area contributed by atoms with E-state index in [9.17, 15) is 8.42 Å². The summed E-state index contributed by atoms with van der Waals surface area (Å²) in [6, 6.07) is 13.7. The van der Waals surface area contributed by atoms with Crippen LogP contribution >= 0.6 is 11.3 Å². The Balaban J connectivity index is 1.16. The van der Waals surface area contributed by atoms with Gasteiger partial charge in [0.2, 0.25) is 10.0 Å². The molecule has 10 heteroatoms. The Morgan fingerprint density at radius 1 is 0.939 bits per heavy atom. The molecule has 0 N–H and O–H groups in total. The molecule has 33 heavy (non-hydrogen) atoms. The molecular formula is C23H27N5O3S2. The molecule has 1 aromatic carbocycles. The highest BCUT2D eigenvalue weighted by atomic mass is 32.2. The summed E-state index contributed by atoms with van der Waals surface area (Å²) in [7, 11) is -3.51. The first-order valence-corrected chi connectivity index (χ1v) is 13.4. The van der Waals surface area contributed by atoms with E-state index in [0.29, 0.717) is 26.3 Å². The van der Waals surface area contributed by atoms with Gasteiger partial charge in [0.1, 0.15) is 15.7 Å². The first kappa shape index (κ1) is 22.4. The molecule has 0 unspecified atom stereocenters. The summed E-state index contributed by atoms with van der Waals surface area (Å²) < 4.78 is 32.3. The Bertz CT molecular complexity index is 1150. The van der Waals surface area contributed by atoms with Crippen molar-refractivity contribution in [2.45, 2.75) is 11.4 Å². The van der Waals surface area contributed by atoms with Crippen LogP contribution in [0.15, 0.2) is 58.9 Å². The average Bonchev–Trinajstić information content (AvgIpc) is 3.34. The Hall–Kier alpha value is -2.37. The molecule has 174 valence electrons. The number of anilines is 1. The van der Waals surface area contributed by atoms with Crippen LogP contribution in [0.1, 0.15) is 5.69 Å². The predicted molar refractivity (Wildman–Crippen MR) is 129 cm³/mol. The average molecular weight is 486 g/mol. The monoisotopic (exact) mass is 485 g/mol. The third-order valence-electron chi connectivity index (χ3n) is 5.98. The van der Waals surface area contributed by atoms with Crippen LogP contribution in [0.25, 0.3) is 10.6 Å². The number of pyridine rings is 1. The second-order valence-electron chi connectivity index (χ2n) is 8.14. The summed E-state index contributed by atoms with van der Waals surface area (Å²) in [6.45, 7) is 5.99. The van der Waals surface area contributed by atoms with E-state index in [2.05, 4.69) is 32.3 Å². The Morgan fingerprint density at radius 3 is 2.39 bits per heavy atom. The van der Waals surface area contributed by atoms with E-state index in [1.54, 1.807) is 17.4 Å². The molecule has 4 heterocycles. The van der Waals surface area contributed by atoms with Crippen molar-refractivity contribution in [3.63, 3.8) is 0 Å². The minimum absolute atomic E-state index is 0.240. The number of aromatic nitrogens is 2. The number of ether oxygens (including phenoxy) is 1. The van der Waals surface area contributed by atoms with Crippen molar-refractivity contribution in [2.75, 3.05) is 57.4 Å². The summed E-state index contributed by atoms with van der Waals surface area (Å²) in [6.07, 6.45) is 1.48. The molecule has 0 spiro atoms. The first-order chi connectivity index (χ1) is 16.1. The smallest absolute Gasteiger partial charge is 0.244 e. The lowest BCUT2D eigenvalue weighted by molar-refractivity contribution is 0.0730. The molecule has 2 saturated heterocycles. The number of hydrogen-bond acceptors (Lipinski definition) is 8. The molecule has 0 radical (unpaired) electrons. The van der Waals surface area contributed by atoms with E-state index >= 15 is 0 Å². The van der Waals surface area contributed by atoms with E-state index < -0.39 is 10.0 Å². The normalized spacial score (nSPS) is 18.5. The molecule has 0 saturated carbocycles. The summed E-state index contributed by atoms with van der Waals surface area (Å²) in [5.74, 6) is 0.815. The predicted octanol–water partition coefficient (Wildman–Crippen LogP) is 2.55. The largest absolute Gasteiger partial charge is 0.379 e. The molecule has 2 aliphatic rings. The van der Waals surface area contributed by atoms with E-state index in [0.717, 1.165) is 54.8 Å². The number of piperazine rings is 1. The fourth-order valence-corrected chi connectivity index (χ4v) is 6.28. The third-order valence-corrected chi connectivity index (χ3v) is 8.81. The minimum atomic E-state index is -3.51. The molecular weight excluding hydrogens is 458 g/mol.